The molecule has 3 rings (SSSR count). The Balaban J connectivity index is 2.06. The van der Waals surface area contributed by atoms with Crippen LogP contribution in [-0.4, -0.2) is 29.3 Å². The molecule has 2 aromatic rings. The van der Waals surface area contributed by atoms with E-state index in [2.05, 4.69) is 37.1 Å². The summed E-state index contributed by atoms with van der Waals surface area (Å²) in [4.78, 5) is 11.3. The predicted octanol–water partition coefficient (Wildman–Crippen LogP) is 2.81. The minimum atomic E-state index is 0.238. The van der Waals surface area contributed by atoms with Crippen LogP contribution in [0.5, 0.6) is 0 Å². The average molecular weight is 270 g/mol. The average Bonchev–Trinajstić information content (AvgIpc) is 3.09. The van der Waals surface area contributed by atoms with Crippen molar-refractivity contribution in [1.82, 2.24) is 9.78 Å². The number of hydrogen-bond donors (Lipinski definition) is 0. The Bertz CT molecular complexity index is 640. The van der Waals surface area contributed by atoms with Crippen LogP contribution in [0.15, 0.2) is 24.4 Å². The van der Waals surface area contributed by atoms with E-state index in [1.54, 1.807) is 0 Å². The van der Waals surface area contributed by atoms with Crippen LogP contribution in [-0.2, 0) is 4.74 Å². The van der Waals surface area contributed by atoms with Crippen LogP contribution in [0.25, 0.3) is 5.69 Å². The van der Waals surface area contributed by atoms with Crippen molar-refractivity contribution >= 4 is 6.29 Å². The summed E-state index contributed by atoms with van der Waals surface area (Å²) in [5, 5.41) is 4.64. The quantitative estimate of drug-likeness (QED) is 0.806. The minimum absolute atomic E-state index is 0.238. The fourth-order valence-electron chi connectivity index (χ4n) is 2.65. The van der Waals surface area contributed by atoms with Gasteiger partial charge in [0.1, 0.15) is 0 Å². The van der Waals surface area contributed by atoms with Gasteiger partial charge in [-0.25, -0.2) is 4.68 Å². The van der Waals surface area contributed by atoms with E-state index < -0.39 is 0 Å². The van der Waals surface area contributed by atoms with E-state index in [1.807, 2.05) is 10.9 Å². The number of benzene rings is 1. The number of carbonyl (C=O) groups is 1. The maximum absolute atomic E-state index is 11.3. The first kappa shape index (κ1) is 13.1. The molecule has 4 heteroatoms. The summed E-state index contributed by atoms with van der Waals surface area (Å²) in [5.41, 5.74) is 4.88. The van der Waals surface area contributed by atoms with Crippen molar-refractivity contribution in [3.05, 3.63) is 46.8 Å². The highest BCUT2D eigenvalue weighted by Gasteiger charge is 2.24. The lowest BCUT2D eigenvalue weighted by molar-refractivity contribution is 0.112. The van der Waals surface area contributed by atoms with Crippen molar-refractivity contribution < 1.29 is 9.53 Å². The van der Waals surface area contributed by atoms with Crippen molar-refractivity contribution in [2.45, 2.75) is 26.2 Å². The standard InChI is InChI=1S/C16H18N2O2/c1-11-3-4-12(2)15(7-11)18-8-14(9-19)16(17-18)13-5-6-20-10-13/h3-4,7-9,13H,5-6,10H2,1-2H3. The smallest absolute Gasteiger partial charge is 0.153 e. The number of aryl methyl sites for hydroxylation is 2. The van der Waals surface area contributed by atoms with E-state index in [9.17, 15) is 4.79 Å². The third-order valence-corrected chi connectivity index (χ3v) is 3.83. The summed E-state index contributed by atoms with van der Waals surface area (Å²) < 4.78 is 7.22. The summed E-state index contributed by atoms with van der Waals surface area (Å²) in [6.07, 6.45) is 3.65. The number of ether oxygens (including phenoxy) is 1. The van der Waals surface area contributed by atoms with Crippen molar-refractivity contribution in [3.8, 4) is 5.69 Å². The molecule has 0 aliphatic carbocycles. The van der Waals surface area contributed by atoms with Crippen LogP contribution in [0, 0.1) is 13.8 Å². The van der Waals surface area contributed by atoms with E-state index in [0.717, 1.165) is 36.3 Å². The Morgan fingerprint density at radius 2 is 2.25 bits per heavy atom. The number of hydrogen-bond acceptors (Lipinski definition) is 3. The van der Waals surface area contributed by atoms with Gasteiger partial charge >= 0.3 is 0 Å². The second-order valence-corrected chi connectivity index (χ2v) is 5.38. The Morgan fingerprint density at radius 1 is 1.40 bits per heavy atom. The molecule has 1 aromatic heterocycles. The van der Waals surface area contributed by atoms with Crippen molar-refractivity contribution in [2.24, 2.45) is 0 Å². The van der Waals surface area contributed by atoms with Gasteiger partial charge in [0.05, 0.1) is 23.6 Å². The highest BCUT2D eigenvalue weighted by atomic mass is 16.5. The molecule has 0 radical (unpaired) electrons. The highest BCUT2D eigenvalue weighted by Crippen LogP contribution is 2.27. The van der Waals surface area contributed by atoms with E-state index >= 15 is 0 Å². The molecule has 0 N–H and O–H groups in total. The third kappa shape index (κ3) is 2.27. The minimum Gasteiger partial charge on any atom is -0.381 e. The molecule has 1 fully saturated rings. The second-order valence-electron chi connectivity index (χ2n) is 5.38. The van der Waals surface area contributed by atoms with Crippen LogP contribution in [0.1, 0.15) is 39.5 Å². The lowest BCUT2D eigenvalue weighted by Gasteiger charge is -2.07. The van der Waals surface area contributed by atoms with Crippen molar-refractivity contribution in [3.63, 3.8) is 0 Å². The maximum Gasteiger partial charge on any atom is 0.153 e. The molecule has 0 spiro atoms. The van der Waals surface area contributed by atoms with Gasteiger partial charge in [0.2, 0.25) is 0 Å². The molecule has 1 saturated heterocycles. The Kier molecular flexibility index (Phi) is 3.40. The van der Waals surface area contributed by atoms with E-state index in [1.165, 1.54) is 5.56 Å². The van der Waals surface area contributed by atoms with Crippen molar-refractivity contribution in [1.29, 1.82) is 0 Å². The normalized spacial score (nSPS) is 18.4. The molecule has 2 heterocycles. The molecule has 0 bridgehead atoms. The molecule has 0 saturated carbocycles. The SMILES string of the molecule is Cc1ccc(C)c(-n2cc(C=O)c(C3CCOC3)n2)c1. The lowest BCUT2D eigenvalue weighted by Crippen LogP contribution is -2.03. The monoisotopic (exact) mass is 270 g/mol. The van der Waals surface area contributed by atoms with Gasteiger partial charge in [0, 0.05) is 18.7 Å². The molecular formula is C16H18N2O2. The summed E-state index contributed by atoms with van der Waals surface area (Å²) in [7, 11) is 0. The number of nitrogens with zero attached hydrogens (tertiary/aromatic N) is 2. The zero-order chi connectivity index (χ0) is 14.1. The summed E-state index contributed by atoms with van der Waals surface area (Å²) in [6, 6.07) is 6.24. The Hall–Kier alpha value is -1.94. The second kappa shape index (κ2) is 5.21. The number of aromatic nitrogens is 2. The summed E-state index contributed by atoms with van der Waals surface area (Å²) >= 11 is 0. The molecule has 1 unspecified atom stereocenters. The maximum atomic E-state index is 11.3. The largest absolute Gasteiger partial charge is 0.381 e. The van der Waals surface area contributed by atoms with Gasteiger partial charge in [-0.05, 0) is 37.5 Å². The van der Waals surface area contributed by atoms with Gasteiger partial charge < -0.3 is 4.74 Å². The number of carbonyl (C=O) groups excluding carboxylic acids is 1. The first-order valence-corrected chi connectivity index (χ1v) is 6.89. The predicted molar refractivity (Wildman–Crippen MR) is 76.6 cm³/mol. The zero-order valence-corrected chi connectivity index (χ0v) is 11.8. The number of aldehydes is 1. The molecule has 20 heavy (non-hydrogen) atoms. The van der Waals surface area contributed by atoms with E-state index in [-0.39, 0.29) is 5.92 Å². The van der Waals surface area contributed by atoms with Crippen LogP contribution in [0.2, 0.25) is 0 Å². The summed E-state index contributed by atoms with van der Waals surface area (Å²) in [5.74, 6) is 0.238. The van der Waals surface area contributed by atoms with Gasteiger partial charge in [-0.15, -0.1) is 0 Å². The third-order valence-electron chi connectivity index (χ3n) is 3.83. The van der Waals surface area contributed by atoms with Gasteiger partial charge in [-0.2, -0.15) is 5.10 Å². The fourth-order valence-corrected chi connectivity index (χ4v) is 2.65. The molecule has 1 aromatic carbocycles. The zero-order valence-electron chi connectivity index (χ0n) is 11.8. The van der Waals surface area contributed by atoms with Gasteiger partial charge in [0.15, 0.2) is 6.29 Å². The van der Waals surface area contributed by atoms with Gasteiger partial charge in [0.25, 0.3) is 0 Å². The summed E-state index contributed by atoms with van der Waals surface area (Å²) in [6.45, 7) is 5.51. The Morgan fingerprint density at radius 3 is 2.95 bits per heavy atom. The first-order valence-electron chi connectivity index (χ1n) is 6.89. The van der Waals surface area contributed by atoms with E-state index in [0.29, 0.717) is 12.2 Å². The van der Waals surface area contributed by atoms with Crippen LogP contribution >= 0.6 is 0 Å². The molecular weight excluding hydrogens is 252 g/mol. The van der Waals surface area contributed by atoms with Crippen LogP contribution in [0.4, 0.5) is 0 Å². The first-order chi connectivity index (χ1) is 9.69. The van der Waals surface area contributed by atoms with Crippen LogP contribution < -0.4 is 0 Å². The van der Waals surface area contributed by atoms with Crippen molar-refractivity contribution in [2.75, 3.05) is 13.2 Å². The molecule has 0 amide bonds. The number of rotatable bonds is 3. The van der Waals surface area contributed by atoms with Crippen LogP contribution in [0.3, 0.4) is 0 Å². The highest BCUT2D eigenvalue weighted by molar-refractivity contribution is 5.76. The van der Waals surface area contributed by atoms with Gasteiger partial charge in [-0.3, -0.25) is 4.79 Å². The molecule has 104 valence electrons. The molecule has 1 aliphatic heterocycles. The van der Waals surface area contributed by atoms with E-state index in [4.69, 9.17) is 4.74 Å². The van der Waals surface area contributed by atoms with Gasteiger partial charge in [-0.1, -0.05) is 12.1 Å². The fraction of sp³-hybridized carbons (Fsp3) is 0.375. The molecule has 1 aliphatic rings. The molecule has 1 atom stereocenters. The topological polar surface area (TPSA) is 44.1 Å². The molecule has 4 nitrogen and oxygen atoms in total. The lowest BCUT2D eigenvalue weighted by atomic mass is 10.0. The Labute approximate surface area is 118 Å².